The molecule has 0 bridgehead atoms. The predicted octanol–water partition coefficient (Wildman–Crippen LogP) is 5.14. The van der Waals surface area contributed by atoms with E-state index in [2.05, 4.69) is 34.1 Å². The van der Waals surface area contributed by atoms with Crippen LogP contribution in [0.5, 0.6) is 0 Å². The van der Waals surface area contributed by atoms with Gasteiger partial charge in [-0.05, 0) is 53.0 Å². The molecule has 0 atom stereocenters. The molecule has 0 aliphatic carbocycles. The minimum absolute atomic E-state index is 0.156. The Kier molecular flexibility index (Phi) is 4.22. The highest BCUT2D eigenvalue weighted by Crippen LogP contribution is 2.34. The molecule has 1 saturated heterocycles. The van der Waals surface area contributed by atoms with Gasteiger partial charge in [-0.3, -0.25) is 4.79 Å². The van der Waals surface area contributed by atoms with E-state index in [1.165, 1.54) is 21.0 Å². The molecule has 0 saturated carbocycles. The summed E-state index contributed by atoms with van der Waals surface area (Å²) < 4.78 is 2.26. The third kappa shape index (κ3) is 3.07. The third-order valence-electron chi connectivity index (χ3n) is 4.23. The van der Waals surface area contributed by atoms with Gasteiger partial charge in [0.25, 0.3) is 5.91 Å². The average Bonchev–Trinajstić information content (AvgIpc) is 3.20. The zero-order valence-electron chi connectivity index (χ0n) is 12.4. The minimum Gasteiger partial charge on any atom is -0.338 e. The Morgan fingerprint density at radius 3 is 2.61 bits per heavy atom. The number of thiophene rings is 1. The SMILES string of the molecule is O=C(c1ccc(Br)s1)N1CCC(c2nc3ccccc3s2)CC1. The van der Waals surface area contributed by atoms with Crippen molar-refractivity contribution in [2.24, 2.45) is 0 Å². The number of hydrogen-bond acceptors (Lipinski definition) is 4. The van der Waals surface area contributed by atoms with Crippen LogP contribution in [0.15, 0.2) is 40.2 Å². The van der Waals surface area contributed by atoms with Crippen LogP contribution in [0.4, 0.5) is 0 Å². The number of carbonyl (C=O) groups is 1. The molecule has 0 spiro atoms. The molecule has 1 amide bonds. The maximum atomic E-state index is 12.5. The molecule has 3 aromatic rings. The van der Waals surface area contributed by atoms with Crippen LogP contribution >= 0.6 is 38.6 Å². The topological polar surface area (TPSA) is 33.2 Å². The van der Waals surface area contributed by atoms with Crippen molar-refractivity contribution in [2.45, 2.75) is 18.8 Å². The number of aromatic nitrogens is 1. The first-order chi connectivity index (χ1) is 11.2. The van der Waals surface area contributed by atoms with E-state index in [4.69, 9.17) is 4.98 Å². The molecule has 3 heterocycles. The Balaban J connectivity index is 1.45. The number of hydrogen-bond donors (Lipinski definition) is 0. The lowest BCUT2D eigenvalue weighted by Gasteiger charge is -2.30. The van der Waals surface area contributed by atoms with E-state index in [0.717, 1.165) is 40.1 Å². The van der Waals surface area contributed by atoms with E-state index in [1.807, 2.05) is 23.1 Å². The lowest BCUT2D eigenvalue weighted by atomic mass is 9.97. The largest absolute Gasteiger partial charge is 0.338 e. The second-order valence-electron chi connectivity index (χ2n) is 5.69. The Hall–Kier alpha value is -1.24. The highest BCUT2D eigenvalue weighted by molar-refractivity contribution is 9.11. The van der Waals surface area contributed by atoms with Gasteiger partial charge in [0.15, 0.2) is 0 Å². The number of halogens is 1. The van der Waals surface area contributed by atoms with Gasteiger partial charge < -0.3 is 4.90 Å². The van der Waals surface area contributed by atoms with Gasteiger partial charge >= 0.3 is 0 Å². The smallest absolute Gasteiger partial charge is 0.263 e. The van der Waals surface area contributed by atoms with Crippen LogP contribution in [0.1, 0.15) is 33.4 Å². The second kappa shape index (κ2) is 6.34. The number of nitrogens with zero attached hydrogens (tertiary/aromatic N) is 2. The zero-order chi connectivity index (χ0) is 15.8. The first-order valence-corrected chi connectivity index (χ1v) is 10.0. The van der Waals surface area contributed by atoms with E-state index in [0.29, 0.717) is 5.92 Å². The van der Waals surface area contributed by atoms with Gasteiger partial charge in [-0.2, -0.15) is 0 Å². The van der Waals surface area contributed by atoms with Crippen LogP contribution in [0, 0.1) is 0 Å². The van der Waals surface area contributed by atoms with E-state index < -0.39 is 0 Å². The van der Waals surface area contributed by atoms with E-state index in [1.54, 1.807) is 11.3 Å². The van der Waals surface area contributed by atoms with Gasteiger partial charge in [0.2, 0.25) is 0 Å². The molecular weight excluding hydrogens is 392 g/mol. The number of rotatable bonds is 2. The molecule has 0 radical (unpaired) electrons. The summed E-state index contributed by atoms with van der Waals surface area (Å²) in [4.78, 5) is 20.1. The van der Waals surface area contributed by atoms with Gasteiger partial charge in [0.1, 0.15) is 0 Å². The lowest BCUT2D eigenvalue weighted by molar-refractivity contribution is 0.0718. The molecule has 1 fully saturated rings. The highest BCUT2D eigenvalue weighted by Gasteiger charge is 2.27. The zero-order valence-corrected chi connectivity index (χ0v) is 15.6. The quantitative estimate of drug-likeness (QED) is 0.589. The van der Waals surface area contributed by atoms with Crippen LogP contribution < -0.4 is 0 Å². The van der Waals surface area contributed by atoms with E-state index >= 15 is 0 Å². The lowest BCUT2D eigenvalue weighted by Crippen LogP contribution is -2.37. The van der Waals surface area contributed by atoms with E-state index in [-0.39, 0.29) is 5.91 Å². The van der Waals surface area contributed by atoms with Crippen LogP contribution in [0.3, 0.4) is 0 Å². The molecule has 1 aliphatic heterocycles. The van der Waals surface area contributed by atoms with Gasteiger partial charge in [0.05, 0.1) is 23.9 Å². The van der Waals surface area contributed by atoms with Gasteiger partial charge in [-0.15, -0.1) is 22.7 Å². The van der Waals surface area contributed by atoms with Crippen LogP contribution in [0.25, 0.3) is 10.2 Å². The molecule has 0 N–H and O–H groups in total. The van der Waals surface area contributed by atoms with Gasteiger partial charge in [-0.25, -0.2) is 4.98 Å². The molecular formula is C17H15BrN2OS2. The van der Waals surface area contributed by atoms with Crippen molar-refractivity contribution >= 4 is 54.7 Å². The molecule has 1 aliphatic rings. The van der Waals surface area contributed by atoms with E-state index in [9.17, 15) is 4.79 Å². The molecule has 2 aromatic heterocycles. The molecule has 118 valence electrons. The minimum atomic E-state index is 0.156. The molecule has 3 nitrogen and oxygen atoms in total. The Morgan fingerprint density at radius 1 is 1.13 bits per heavy atom. The predicted molar refractivity (Wildman–Crippen MR) is 99.5 cm³/mol. The number of benzene rings is 1. The highest BCUT2D eigenvalue weighted by atomic mass is 79.9. The normalized spacial score (nSPS) is 16.1. The summed E-state index contributed by atoms with van der Waals surface area (Å²) in [5.41, 5.74) is 1.09. The number of fused-ring (bicyclic) bond motifs is 1. The van der Waals surface area contributed by atoms with Crippen LogP contribution in [0.2, 0.25) is 0 Å². The van der Waals surface area contributed by atoms with Crippen molar-refractivity contribution in [2.75, 3.05) is 13.1 Å². The van der Waals surface area contributed by atoms with Crippen LogP contribution in [-0.2, 0) is 0 Å². The fraction of sp³-hybridized carbons (Fsp3) is 0.294. The van der Waals surface area contributed by atoms with Crippen molar-refractivity contribution < 1.29 is 4.79 Å². The fourth-order valence-electron chi connectivity index (χ4n) is 2.98. The van der Waals surface area contributed by atoms with Gasteiger partial charge in [-0.1, -0.05) is 12.1 Å². The fourth-order valence-corrected chi connectivity index (χ4v) is 5.47. The van der Waals surface area contributed by atoms with Gasteiger partial charge in [0, 0.05) is 19.0 Å². The van der Waals surface area contributed by atoms with Crippen molar-refractivity contribution in [3.8, 4) is 0 Å². The van der Waals surface area contributed by atoms with Crippen molar-refractivity contribution in [3.05, 3.63) is 50.1 Å². The summed E-state index contributed by atoms with van der Waals surface area (Å²) in [5, 5.41) is 1.22. The summed E-state index contributed by atoms with van der Waals surface area (Å²) in [5.74, 6) is 0.634. The Bertz CT molecular complexity index is 816. The molecule has 1 aromatic carbocycles. The van der Waals surface area contributed by atoms with Crippen LogP contribution in [-0.4, -0.2) is 28.9 Å². The molecule has 0 unspecified atom stereocenters. The molecule has 23 heavy (non-hydrogen) atoms. The summed E-state index contributed by atoms with van der Waals surface area (Å²) in [6.45, 7) is 1.63. The number of piperidine rings is 1. The standard InChI is InChI=1S/C17H15BrN2OS2/c18-15-6-5-14(22-15)17(21)20-9-7-11(8-10-20)16-19-12-3-1-2-4-13(12)23-16/h1-6,11H,7-10H2. The monoisotopic (exact) mass is 406 g/mol. The Morgan fingerprint density at radius 2 is 1.91 bits per heavy atom. The summed E-state index contributed by atoms with van der Waals surface area (Å²) in [6, 6.07) is 12.1. The number of para-hydroxylation sites is 1. The summed E-state index contributed by atoms with van der Waals surface area (Å²) >= 11 is 6.72. The molecule has 4 rings (SSSR count). The third-order valence-corrected chi connectivity index (χ3v) is 7.04. The number of amides is 1. The Labute approximate surface area is 151 Å². The van der Waals surface area contributed by atoms with Crippen molar-refractivity contribution in [1.82, 2.24) is 9.88 Å². The first-order valence-electron chi connectivity index (χ1n) is 7.61. The maximum Gasteiger partial charge on any atom is 0.263 e. The summed E-state index contributed by atoms with van der Waals surface area (Å²) in [6.07, 6.45) is 2.00. The number of likely N-dealkylation sites (tertiary alicyclic amines) is 1. The molecule has 6 heteroatoms. The maximum absolute atomic E-state index is 12.5. The summed E-state index contributed by atoms with van der Waals surface area (Å²) in [7, 11) is 0. The average molecular weight is 407 g/mol. The number of carbonyl (C=O) groups excluding carboxylic acids is 1. The first kappa shape index (κ1) is 15.3. The second-order valence-corrected chi connectivity index (χ2v) is 9.22. The van der Waals surface area contributed by atoms with Crippen molar-refractivity contribution in [1.29, 1.82) is 0 Å². The van der Waals surface area contributed by atoms with Crippen molar-refractivity contribution in [3.63, 3.8) is 0 Å². The number of thiazole rings is 1.